The second-order valence-corrected chi connectivity index (χ2v) is 5.09. The zero-order valence-corrected chi connectivity index (χ0v) is 12.9. The van der Waals surface area contributed by atoms with E-state index in [-0.39, 0.29) is 11.6 Å². The molecule has 122 valence electrons. The number of pyridine rings is 1. The largest absolute Gasteiger partial charge is 0.345 e. The average Bonchev–Trinajstić information content (AvgIpc) is 3.11. The van der Waals surface area contributed by atoms with Crippen LogP contribution in [0.3, 0.4) is 0 Å². The number of amides is 1. The van der Waals surface area contributed by atoms with Crippen LogP contribution >= 0.6 is 0 Å². The molecule has 4 heterocycles. The van der Waals surface area contributed by atoms with Gasteiger partial charge in [0.15, 0.2) is 11.5 Å². The van der Waals surface area contributed by atoms with Crippen molar-refractivity contribution in [1.29, 1.82) is 0 Å². The summed E-state index contributed by atoms with van der Waals surface area (Å²) in [5.41, 5.74) is 1.50. The summed E-state index contributed by atoms with van der Waals surface area (Å²) in [6, 6.07) is 10.5. The Balaban J connectivity index is 1.61. The molecule has 0 atom stereocenters. The van der Waals surface area contributed by atoms with Crippen molar-refractivity contribution in [3.8, 4) is 11.6 Å². The topological polar surface area (TPSA) is 111 Å². The van der Waals surface area contributed by atoms with Crippen molar-refractivity contribution in [2.45, 2.75) is 6.54 Å². The number of nitrogens with one attached hydrogen (secondary N) is 1. The first-order chi connectivity index (χ1) is 12.3. The molecular formula is C16H12N8O. The highest BCUT2D eigenvalue weighted by atomic mass is 16.1. The number of carbonyl (C=O) groups excluding carboxylic acids is 1. The highest BCUT2D eigenvalue weighted by Gasteiger charge is 2.14. The molecule has 0 bridgehead atoms. The first-order valence-electron chi connectivity index (χ1n) is 7.49. The lowest BCUT2D eigenvalue weighted by atomic mass is 10.3. The van der Waals surface area contributed by atoms with Crippen LogP contribution in [0.5, 0.6) is 0 Å². The molecule has 4 rings (SSSR count). The van der Waals surface area contributed by atoms with E-state index in [1.807, 2.05) is 18.2 Å². The number of hydrogen-bond donors (Lipinski definition) is 1. The molecule has 0 aromatic carbocycles. The predicted molar refractivity (Wildman–Crippen MR) is 87.2 cm³/mol. The first kappa shape index (κ1) is 14.8. The lowest BCUT2D eigenvalue weighted by molar-refractivity contribution is 0.0944. The molecule has 0 saturated carbocycles. The van der Waals surface area contributed by atoms with Gasteiger partial charge in [0.1, 0.15) is 5.69 Å². The van der Waals surface area contributed by atoms with Crippen LogP contribution in [-0.2, 0) is 6.54 Å². The second kappa shape index (κ2) is 6.40. The summed E-state index contributed by atoms with van der Waals surface area (Å²) < 4.78 is 1.45. The van der Waals surface area contributed by atoms with Crippen LogP contribution in [0.15, 0.2) is 55.0 Å². The number of rotatable bonds is 4. The van der Waals surface area contributed by atoms with E-state index in [0.717, 1.165) is 5.69 Å². The predicted octanol–water partition coefficient (Wildman–Crippen LogP) is 0.906. The van der Waals surface area contributed by atoms with Crippen molar-refractivity contribution in [2.24, 2.45) is 0 Å². The third-order valence-electron chi connectivity index (χ3n) is 3.42. The van der Waals surface area contributed by atoms with Crippen molar-refractivity contribution in [3.63, 3.8) is 0 Å². The van der Waals surface area contributed by atoms with E-state index in [1.165, 1.54) is 4.52 Å². The third-order valence-corrected chi connectivity index (χ3v) is 3.42. The normalized spacial score (nSPS) is 10.7. The Bertz CT molecular complexity index is 1020. The number of fused-ring (bicyclic) bond motifs is 1. The molecule has 9 nitrogen and oxygen atoms in total. The van der Waals surface area contributed by atoms with E-state index >= 15 is 0 Å². The Morgan fingerprint density at radius 3 is 2.60 bits per heavy atom. The molecule has 0 unspecified atom stereocenters. The van der Waals surface area contributed by atoms with Crippen LogP contribution in [-0.4, -0.2) is 40.7 Å². The minimum Gasteiger partial charge on any atom is -0.345 e. The fourth-order valence-electron chi connectivity index (χ4n) is 2.23. The molecule has 0 aliphatic carbocycles. The lowest BCUT2D eigenvalue weighted by Crippen LogP contribution is -2.25. The summed E-state index contributed by atoms with van der Waals surface area (Å²) in [7, 11) is 0. The highest BCUT2D eigenvalue weighted by molar-refractivity contribution is 5.92. The van der Waals surface area contributed by atoms with E-state index in [4.69, 9.17) is 0 Å². The summed E-state index contributed by atoms with van der Waals surface area (Å²) in [6.07, 6.45) is 4.88. The van der Waals surface area contributed by atoms with Crippen molar-refractivity contribution in [1.82, 2.24) is 40.1 Å². The number of hydrogen-bond acceptors (Lipinski definition) is 7. The molecule has 9 heteroatoms. The summed E-state index contributed by atoms with van der Waals surface area (Å²) in [6.45, 7) is 0.316. The smallest absolute Gasteiger partial charge is 0.272 e. The molecule has 0 saturated heterocycles. The monoisotopic (exact) mass is 332 g/mol. The Labute approximate surface area is 141 Å². The van der Waals surface area contributed by atoms with Gasteiger partial charge in [-0.1, -0.05) is 6.07 Å². The van der Waals surface area contributed by atoms with Gasteiger partial charge in [-0.2, -0.15) is 9.61 Å². The molecule has 0 spiro atoms. The zero-order chi connectivity index (χ0) is 17.1. The van der Waals surface area contributed by atoms with Crippen LogP contribution in [0.4, 0.5) is 0 Å². The fraction of sp³-hybridized carbons (Fsp3) is 0.0625. The molecule has 1 N–H and O–H groups in total. The van der Waals surface area contributed by atoms with Crippen LogP contribution in [0.25, 0.3) is 17.3 Å². The summed E-state index contributed by atoms with van der Waals surface area (Å²) in [4.78, 5) is 24.8. The van der Waals surface area contributed by atoms with Gasteiger partial charge >= 0.3 is 0 Å². The number of carbonyl (C=O) groups is 1. The van der Waals surface area contributed by atoms with Gasteiger partial charge in [-0.05, 0) is 30.3 Å². The Hall–Kier alpha value is -3.75. The van der Waals surface area contributed by atoms with E-state index in [1.54, 1.807) is 36.8 Å². The first-order valence-corrected chi connectivity index (χ1v) is 7.49. The molecule has 4 aromatic heterocycles. The molecule has 0 radical (unpaired) electrons. The Kier molecular flexibility index (Phi) is 3.79. The zero-order valence-electron chi connectivity index (χ0n) is 12.9. The lowest BCUT2D eigenvalue weighted by Gasteiger charge is -2.05. The molecule has 25 heavy (non-hydrogen) atoms. The fourth-order valence-corrected chi connectivity index (χ4v) is 2.23. The van der Waals surface area contributed by atoms with Gasteiger partial charge in [0.25, 0.3) is 5.91 Å². The van der Waals surface area contributed by atoms with Crippen LogP contribution in [0.2, 0.25) is 0 Å². The van der Waals surface area contributed by atoms with Crippen LogP contribution < -0.4 is 5.32 Å². The van der Waals surface area contributed by atoms with Gasteiger partial charge in [-0.3, -0.25) is 9.78 Å². The molecule has 0 aliphatic heterocycles. The van der Waals surface area contributed by atoms with E-state index in [2.05, 4.69) is 35.6 Å². The van der Waals surface area contributed by atoms with Gasteiger partial charge in [0.05, 0.1) is 12.2 Å². The van der Waals surface area contributed by atoms with Crippen molar-refractivity contribution >= 4 is 11.6 Å². The quantitative estimate of drug-likeness (QED) is 0.591. The summed E-state index contributed by atoms with van der Waals surface area (Å²) in [5, 5.41) is 15.1. The minimum absolute atomic E-state index is 0.236. The van der Waals surface area contributed by atoms with E-state index in [9.17, 15) is 4.79 Å². The molecule has 0 fully saturated rings. The Morgan fingerprint density at radius 2 is 1.80 bits per heavy atom. The molecule has 4 aromatic rings. The van der Waals surface area contributed by atoms with Crippen molar-refractivity contribution in [3.05, 3.63) is 66.4 Å². The average molecular weight is 332 g/mol. The van der Waals surface area contributed by atoms with Gasteiger partial charge in [-0.25, -0.2) is 9.97 Å². The number of nitrogens with zero attached hydrogens (tertiary/aromatic N) is 7. The molecular weight excluding hydrogens is 320 g/mol. The van der Waals surface area contributed by atoms with Crippen molar-refractivity contribution < 1.29 is 4.79 Å². The second-order valence-electron chi connectivity index (χ2n) is 5.09. The Morgan fingerprint density at radius 1 is 0.960 bits per heavy atom. The van der Waals surface area contributed by atoms with E-state index in [0.29, 0.717) is 23.8 Å². The standard InChI is InChI=1S/C16H12N8O/c25-16(20-10-11-4-1-2-7-17-11)12-5-6-13-21-22-15(24(13)23-12)14-18-8-3-9-19-14/h1-9H,10H2,(H,20,25). The molecule has 0 aliphatic rings. The minimum atomic E-state index is -0.318. The number of aromatic nitrogens is 7. The summed E-state index contributed by atoms with van der Waals surface area (Å²) >= 11 is 0. The third kappa shape index (κ3) is 3.02. The van der Waals surface area contributed by atoms with E-state index < -0.39 is 0 Å². The van der Waals surface area contributed by atoms with Crippen LogP contribution in [0, 0.1) is 0 Å². The molecule has 1 amide bonds. The maximum atomic E-state index is 12.3. The van der Waals surface area contributed by atoms with Crippen molar-refractivity contribution in [2.75, 3.05) is 0 Å². The van der Waals surface area contributed by atoms with Gasteiger partial charge in [0, 0.05) is 18.6 Å². The SMILES string of the molecule is O=C(NCc1ccccn1)c1ccc2nnc(-c3ncccn3)n2n1. The maximum Gasteiger partial charge on any atom is 0.272 e. The maximum absolute atomic E-state index is 12.3. The summed E-state index contributed by atoms with van der Waals surface area (Å²) in [5.74, 6) is 0.435. The highest BCUT2D eigenvalue weighted by Crippen LogP contribution is 2.12. The van der Waals surface area contributed by atoms with Gasteiger partial charge < -0.3 is 5.32 Å². The van der Waals surface area contributed by atoms with Gasteiger partial charge in [-0.15, -0.1) is 10.2 Å². The van der Waals surface area contributed by atoms with Crippen LogP contribution in [0.1, 0.15) is 16.2 Å². The van der Waals surface area contributed by atoms with Gasteiger partial charge in [0.2, 0.25) is 5.82 Å².